The van der Waals surface area contributed by atoms with Crippen LogP contribution in [0.25, 0.3) is 0 Å². The summed E-state index contributed by atoms with van der Waals surface area (Å²) in [6, 6.07) is 6.95. The van der Waals surface area contributed by atoms with Crippen LogP contribution in [0, 0.1) is 0 Å². The lowest BCUT2D eigenvalue weighted by atomic mass is 10.2. The molecule has 1 aliphatic heterocycles. The number of carbonyl (C=O) groups excluding carboxylic acids is 1. The Bertz CT molecular complexity index is 598. The second-order valence-electron chi connectivity index (χ2n) is 6.37. The Morgan fingerprint density at radius 2 is 1.96 bits per heavy atom. The van der Waals surface area contributed by atoms with Gasteiger partial charge in [-0.15, -0.1) is 0 Å². The minimum absolute atomic E-state index is 0.0651. The van der Waals surface area contributed by atoms with E-state index in [0.717, 1.165) is 45.1 Å². The van der Waals surface area contributed by atoms with Crippen molar-refractivity contribution in [3.63, 3.8) is 0 Å². The summed E-state index contributed by atoms with van der Waals surface area (Å²) in [5, 5.41) is 15.4. The number of hydrogen-bond acceptors (Lipinski definition) is 4. The lowest BCUT2D eigenvalue weighted by Crippen LogP contribution is -2.43. The third-order valence-corrected chi connectivity index (χ3v) is 4.65. The molecule has 0 bridgehead atoms. The number of phenolic OH excluding ortho intramolecular Hbond substituents is 1. The number of likely N-dealkylation sites (N-methyl/N-ethyl adjacent to an activating group) is 1. The second-order valence-corrected chi connectivity index (χ2v) is 6.37. The van der Waals surface area contributed by atoms with Crippen molar-refractivity contribution in [3.05, 3.63) is 24.3 Å². The number of hydrogen-bond donors (Lipinski definition) is 3. The molecule has 2 rings (SSSR count). The van der Waals surface area contributed by atoms with Crippen molar-refractivity contribution >= 4 is 17.6 Å². The number of aliphatic imine (C=N–C) groups is 1. The Balaban J connectivity index is 1.93. The van der Waals surface area contributed by atoms with Crippen molar-refractivity contribution in [2.24, 2.45) is 4.99 Å². The maximum atomic E-state index is 12.2. The third-order valence-electron chi connectivity index (χ3n) is 4.65. The fourth-order valence-electron chi connectivity index (χ4n) is 3.29. The highest BCUT2D eigenvalue weighted by molar-refractivity contribution is 5.94. The van der Waals surface area contributed by atoms with E-state index in [0.29, 0.717) is 11.7 Å². The summed E-state index contributed by atoms with van der Waals surface area (Å²) in [4.78, 5) is 21.4. The first-order valence-corrected chi connectivity index (χ1v) is 9.43. The Kier molecular flexibility index (Phi) is 7.72. The molecule has 3 N–H and O–H groups in total. The standard InChI is InChI=1S/C19H31N5O2/c1-4-20-19(24-12-11-16(14-24)23(5-2)6-3)21-13-18(26)22-15-7-9-17(25)10-8-15/h7-10,16,25H,4-6,11-14H2,1-3H3,(H,20,21)(H,22,26). The van der Waals surface area contributed by atoms with Gasteiger partial charge >= 0.3 is 0 Å². The van der Waals surface area contributed by atoms with Crippen LogP contribution in [-0.2, 0) is 4.79 Å². The van der Waals surface area contributed by atoms with Gasteiger partial charge < -0.3 is 20.6 Å². The number of nitrogens with zero attached hydrogens (tertiary/aromatic N) is 3. The van der Waals surface area contributed by atoms with Crippen LogP contribution in [-0.4, -0.2) is 72.1 Å². The molecule has 7 heteroatoms. The molecule has 1 aromatic rings. The fraction of sp³-hybridized carbons (Fsp3) is 0.579. The molecular formula is C19H31N5O2. The van der Waals surface area contributed by atoms with Crippen molar-refractivity contribution < 1.29 is 9.90 Å². The van der Waals surface area contributed by atoms with Gasteiger partial charge in [0, 0.05) is 31.4 Å². The highest BCUT2D eigenvalue weighted by Crippen LogP contribution is 2.16. The van der Waals surface area contributed by atoms with Crippen LogP contribution in [0.4, 0.5) is 5.69 Å². The van der Waals surface area contributed by atoms with Crippen LogP contribution < -0.4 is 10.6 Å². The summed E-state index contributed by atoms with van der Waals surface area (Å²) in [7, 11) is 0. The average Bonchev–Trinajstić information content (AvgIpc) is 3.11. The van der Waals surface area contributed by atoms with E-state index in [1.54, 1.807) is 24.3 Å². The molecule has 1 atom stereocenters. The lowest BCUT2D eigenvalue weighted by Gasteiger charge is -2.27. The second kappa shape index (κ2) is 10.0. The zero-order valence-corrected chi connectivity index (χ0v) is 16.0. The molecule has 0 radical (unpaired) electrons. The van der Waals surface area contributed by atoms with Crippen LogP contribution in [0.15, 0.2) is 29.3 Å². The van der Waals surface area contributed by atoms with E-state index in [1.165, 1.54) is 0 Å². The molecule has 0 spiro atoms. The lowest BCUT2D eigenvalue weighted by molar-refractivity contribution is -0.114. The van der Waals surface area contributed by atoms with Gasteiger partial charge in [-0.25, -0.2) is 4.99 Å². The third kappa shape index (κ3) is 5.62. The molecule has 7 nitrogen and oxygen atoms in total. The van der Waals surface area contributed by atoms with Gasteiger partial charge in [-0.3, -0.25) is 9.69 Å². The Morgan fingerprint density at radius 3 is 2.58 bits per heavy atom. The predicted octanol–water partition coefficient (Wildman–Crippen LogP) is 1.71. The maximum Gasteiger partial charge on any atom is 0.246 e. The molecule has 1 unspecified atom stereocenters. The molecule has 144 valence electrons. The normalized spacial score (nSPS) is 17.6. The smallest absolute Gasteiger partial charge is 0.246 e. The van der Waals surface area contributed by atoms with Crippen molar-refractivity contribution in [3.8, 4) is 5.75 Å². The number of phenols is 1. The van der Waals surface area contributed by atoms with Crippen molar-refractivity contribution in [1.29, 1.82) is 0 Å². The average molecular weight is 361 g/mol. The van der Waals surface area contributed by atoms with Gasteiger partial charge in [-0.05, 0) is 50.7 Å². The zero-order valence-electron chi connectivity index (χ0n) is 16.0. The van der Waals surface area contributed by atoms with E-state index in [4.69, 9.17) is 0 Å². The largest absolute Gasteiger partial charge is 0.508 e. The SMILES string of the molecule is CCNC(=NCC(=O)Nc1ccc(O)cc1)N1CCC(N(CC)CC)C1. The number of nitrogens with one attached hydrogen (secondary N) is 2. The van der Waals surface area contributed by atoms with E-state index in [2.05, 4.69) is 39.3 Å². The van der Waals surface area contributed by atoms with Crippen LogP contribution in [0.5, 0.6) is 5.75 Å². The predicted molar refractivity (Wildman–Crippen MR) is 106 cm³/mol. The Hall–Kier alpha value is -2.28. The van der Waals surface area contributed by atoms with Crippen LogP contribution in [0.2, 0.25) is 0 Å². The summed E-state index contributed by atoms with van der Waals surface area (Å²) in [5.41, 5.74) is 0.649. The van der Waals surface area contributed by atoms with Crippen molar-refractivity contribution in [2.75, 3.05) is 44.6 Å². The number of benzene rings is 1. The molecular weight excluding hydrogens is 330 g/mol. The number of amides is 1. The summed E-state index contributed by atoms with van der Waals surface area (Å²) >= 11 is 0. The van der Waals surface area contributed by atoms with E-state index < -0.39 is 0 Å². The molecule has 1 heterocycles. The van der Waals surface area contributed by atoms with Gasteiger partial charge in [-0.1, -0.05) is 13.8 Å². The van der Waals surface area contributed by atoms with Gasteiger partial charge in [0.2, 0.25) is 5.91 Å². The fourth-order valence-corrected chi connectivity index (χ4v) is 3.29. The van der Waals surface area contributed by atoms with Gasteiger partial charge in [0.05, 0.1) is 0 Å². The number of carbonyl (C=O) groups is 1. The number of anilines is 1. The van der Waals surface area contributed by atoms with Crippen LogP contribution >= 0.6 is 0 Å². The molecule has 1 saturated heterocycles. The monoisotopic (exact) mass is 361 g/mol. The summed E-state index contributed by atoms with van der Waals surface area (Å²) in [6.45, 7) is 11.2. The first kappa shape index (κ1) is 20.0. The van der Waals surface area contributed by atoms with Gasteiger partial charge in [-0.2, -0.15) is 0 Å². The van der Waals surface area contributed by atoms with Crippen molar-refractivity contribution in [2.45, 2.75) is 33.2 Å². The van der Waals surface area contributed by atoms with Gasteiger partial charge in [0.1, 0.15) is 12.3 Å². The Morgan fingerprint density at radius 1 is 1.27 bits per heavy atom. The van der Waals surface area contributed by atoms with Crippen LogP contribution in [0.3, 0.4) is 0 Å². The number of likely N-dealkylation sites (tertiary alicyclic amines) is 1. The van der Waals surface area contributed by atoms with Gasteiger partial charge in [0.15, 0.2) is 5.96 Å². The molecule has 1 aromatic carbocycles. The van der Waals surface area contributed by atoms with E-state index in [1.807, 2.05) is 6.92 Å². The van der Waals surface area contributed by atoms with Gasteiger partial charge in [0.25, 0.3) is 0 Å². The molecule has 0 aliphatic carbocycles. The van der Waals surface area contributed by atoms with Crippen molar-refractivity contribution in [1.82, 2.24) is 15.1 Å². The first-order valence-electron chi connectivity index (χ1n) is 9.43. The Labute approximate surface area is 156 Å². The molecule has 0 saturated carbocycles. The summed E-state index contributed by atoms with van der Waals surface area (Å²) < 4.78 is 0. The molecule has 1 amide bonds. The van der Waals surface area contributed by atoms with E-state index in [-0.39, 0.29) is 18.2 Å². The molecule has 0 aromatic heterocycles. The summed E-state index contributed by atoms with van der Waals surface area (Å²) in [6.07, 6.45) is 1.12. The topological polar surface area (TPSA) is 80.2 Å². The highest BCUT2D eigenvalue weighted by atomic mass is 16.3. The molecule has 1 aliphatic rings. The highest BCUT2D eigenvalue weighted by Gasteiger charge is 2.28. The quantitative estimate of drug-likeness (QED) is 0.391. The maximum absolute atomic E-state index is 12.2. The number of aromatic hydroxyl groups is 1. The minimum atomic E-state index is -0.175. The summed E-state index contributed by atoms with van der Waals surface area (Å²) in [5.74, 6) is 0.792. The molecule has 1 fully saturated rings. The van der Waals surface area contributed by atoms with Crippen LogP contribution in [0.1, 0.15) is 27.2 Å². The first-order chi connectivity index (χ1) is 12.6. The van der Waals surface area contributed by atoms with E-state index >= 15 is 0 Å². The number of rotatable bonds is 7. The van der Waals surface area contributed by atoms with E-state index in [9.17, 15) is 9.90 Å². The molecule has 26 heavy (non-hydrogen) atoms. The number of guanidine groups is 1. The zero-order chi connectivity index (χ0) is 18.9. The minimum Gasteiger partial charge on any atom is -0.508 e.